The highest BCUT2D eigenvalue weighted by Crippen LogP contribution is 2.45. The van der Waals surface area contributed by atoms with Crippen molar-refractivity contribution in [1.29, 1.82) is 0 Å². The largest absolute Gasteiger partial charge is 0.481 e. The van der Waals surface area contributed by atoms with Crippen molar-refractivity contribution in [3.63, 3.8) is 0 Å². The van der Waals surface area contributed by atoms with Crippen LogP contribution < -0.4 is 5.32 Å². The number of carbonyl (C=O) groups is 2. The molecule has 9 heteroatoms. The van der Waals surface area contributed by atoms with Crippen LogP contribution >= 0.6 is 0 Å². The molecule has 0 radical (unpaired) electrons. The quantitative estimate of drug-likeness (QED) is 0.745. The second-order valence-electron chi connectivity index (χ2n) is 6.76. The first-order chi connectivity index (χ1) is 12.3. The molecular formula is C17H22N2O6S. The van der Waals surface area contributed by atoms with Gasteiger partial charge in [0.15, 0.2) is 0 Å². The summed E-state index contributed by atoms with van der Waals surface area (Å²) >= 11 is 0. The Bertz CT molecular complexity index is 826. The third kappa shape index (κ3) is 3.60. The van der Waals surface area contributed by atoms with E-state index in [1.807, 2.05) is 0 Å². The number of benzene rings is 1. The van der Waals surface area contributed by atoms with E-state index in [4.69, 9.17) is 4.74 Å². The fourth-order valence-corrected chi connectivity index (χ4v) is 4.57. The summed E-state index contributed by atoms with van der Waals surface area (Å²) in [7, 11) is -3.71. The molecular weight excluding hydrogens is 360 g/mol. The molecule has 1 saturated carbocycles. The highest BCUT2D eigenvalue weighted by atomic mass is 32.2. The van der Waals surface area contributed by atoms with Gasteiger partial charge in [0.1, 0.15) is 0 Å². The number of nitrogens with one attached hydrogen (secondary N) is 1. The number of rotatable bonds is 6. The van der Waals surface area contributed by atoms with Gasteiger partial charge in [-0.1, -0.05) is 6.07 Å². The molecule has 8 nitrogen and oxygen atoms in total. The SMILES string of the molecule is Cc1ccc(C(=O)NCC2(C(=O)O)CC2)cc1S(=O)(=O)N1CCOCC1. The van der Waals surface area contributed by atoms with E-state index in [1.165, 1.54) is 10.4 Å². The van der Waals surface area contributed by atoms with Crippen molar-refractivity contribution >= 4 is 21.9 Å². The third-order valence-corrected chi connectivity index (χ3v) is 6.97. The van der Waals surface area contributed by atoms with Crippen LogP contribution in [0.15, 0.2) is 23.1 Å². The van der Waals surface area contributed by atoms with Crippen molar-refractivity contribution in [2.45, 2.75) is 24.7 Å². The second kappa shape index (κ2) is 6.98. The molecule has 2 aliphatic rings. The number of carbonyl (C=O) groups excluding carboxylic acids is 1. The maximum atomic E-state index is 12.9. The van der Waals surface area contributed by atoms with Gasteiger partial charge in [-0.2, -0.15) is 4.31 Å². The number of nitrogens with zero attached hydrogens (tertiary/aromatic N) is 1. The molecule has 1 aromatic rings. The Balaban J connectivity index is 1.79. The summed E-state index contributed by atoms with van der Waals surface area (Å²) in [6.45, 7) is 2.96. The van der Waals surface area contributed by atoms with Crippen molar-refractivity contribution in [3.05, 3.63) is 29.3 Å². The number of sulfonamides is 1. The standard InChI is InChI=1S/C17H22N2O6S/c1-12-2-3-13(15(20)18-11-17(4-5-17)16(21)22)10-14(12)26(23,24)19-6-8-25-9-7-19/h2-3,10H,4-9,11H2,1H3,(H,18,20)(H,21,22). The fourth-order valence-electron chi connectivity index (χ4n) is 2.91. The number of ether oxygens (including phenoxy) is 1. The van der Waals surface area contributed by atoms with Gasteiger partial charge < -0.3 is 15.2 Å². The van der Waals surface area contributed by atoms with Gasteiger partial charge in [0, 0.05) is 25.2 Å². The van der Waals surface area contributed by atoms with Crippen LogP contribution in [0.2, 0.25) is 0 Å². The zero-order valence-electron chi connectivity index (χ0n) is 14.5. The molecule has 1 aliphatic heterocycles. The van der Waals surface area contributed by atoms with Gasteiger partial charge in [0.2, 0.25) is 10.0 Å². The predicted molar refractivity (Wildman–Crippen MR) is 92.4 cm³/mol. The van der Waals surface area contributed by atoms with Crippen molar-refractivity contribution in [1.82, 2.24) is 9.62 Å². The number of morpholine rings is 1. The molecule has 1 aromatic carbocycles. The molecule has 142 valence electrons. The van der Waals surface area contributed by atoms with Gasteiger partial charge in [0.25, 0.3) is 5.91 Å². The molecule has 2 fully saturated rings. The van der Waals surface area contributed by atoms with Gasteiger partial charge in [0.05, 0.1) is 23.5 Å². The Morgan fingerprint density at radius 1 is 1.27 bits per heavy atom. The lowest BCUT2D eigenvalue weighted by Crippen LogP contribution is -2.41. The van der Waals surface area contributed by atoms with E-state index in [1.54, 1.807) is 19.1 Å². The maximum absolute atomic E-state index is 12.9. The summed E-state index contributed by atoms with van der Waals surface area (Å²) in [4.78, 5) is 23.7. The van der Waals surface area contributed by atoms with Crippen molar-refractivity contribution < 1.29 is 27.9 Å². The lowest BCUT2D eigenvalue weighted by atomic mass is 10.1. The average Bonchev–Trinajstić information content (AvgIpc) is 3.42. The summed E-state index contributed by atoms with van der Waals surface area (Å²) in [5.74, 6) is -1.40. The van der Waals surface area contributed by atoms with Crippen LogP contribution in [0.1, 0.15) is 28.8 Å². The van der Waals surface area contributed by atoms with Gasteiger partial charge in [-0.3, -0.25) is 9.59 Å². The van der Waals surface area contributed by atoms with Crippen LogP contribution in [-0.4, -0.2) is 62.6 Å². The lowest BCUT2D eigenvalue weighted by Gasteiger charge is -2.26. The van der Waals surface area contributed by atoms with E-state index in [9.17, 15) is 23.1 Å². The minimum absolute atomic E-state index is 0.0423. The maximum Gasteiger partial charge on any atom is 0.311 e. The van der Waals surface area contributed by atoms with E-state index in [0.29, 0.717) is 31.6 Å². The summed E-state index contributed by atoms with van der Waals surface area (Å²) in [5.41, 5.74) is -0.121. The Kier molecular flexibility index (Phi) is 5.05. The van der Waals surface area contributed by atoms with E-state index < -0.39 is 27.3 Å². The summed E-state index contributed by atoms with van der Waals surface area (Å²) in [5, 5.41) is 11.8. The van der Waals surface area contributed by atoms with Crippen LogP contribution in [0.3, 0.4) is 0 Å². The number of hydrogen-bond acceptors (Lipinski definition) is 5. The van der Waals surface area contributed by atoms with Gasteiger partial charge in [-0.05, 0) is 37.5 Å². The van der Waals surface area contributed by atoms with Gasteiger partial charge >= 0.3 is 5.97 Å². The molecule has 0 aromatic heterocycles. The first-order valence-electron chi connectivity index (χ1n) is 8.46. The van der Waals surface area contributed by atoms with E-state index in [2.05, 4.69) is 5.32 Å². The first kappa shape index (κ1) is 18.8. The molecule has 3 rings (SSSR count). The summed E-state index contributed by atoms with van der Waals surface area (Å²) in [6.07, 6.45) is 1.07. The Morgan fingerprint density at radius 3 is 2.50 bits per heavy atom. The number of hydrogen-bond donors (Lipinski definition) is 2. The highest BCUT2D eigenvalue weighted by molar-refractivity contribution is 7.89. The molecule has 0 atom stereocenters. The van der Waals surface area contributed by atoms with Crippen LogP contribution in [-0.2, 0) is 19.6 Å². The molecule has 0 unspecified atom stereocenters. The van der Waals surface area contributed by atoms with Crippen LogP contribution in [0.4, 0.5) is 0 Å². The molecule has 0 bridgehead atoms. The Morgan fingerprint density at radius 2 is 1.92 bits per heavy atom. The summed E-state index contributed by atoms with van der Waals surface area (Å²) < 4.78 is 32.3. The van der Waals surface area contributed by atoms with Gasteiger partial charge in [-0.25, -0.2) is 8.42 Å². The van der Waals surface area contributed by atoms with Crippen molar-refractivity contribution in [3.8, 4) is 0 Å². The minimum Gasteiger partial charge on any atom is -0.481 e. The topological polar surface area (TPSA) is 113 Å². The zero-order chi connectivity index (χ0) is 18.9. The molecule has 1 heterocycles. The van der Waals surface area contributed by atoms with Crippen molar-refractivity contribution in [2.24, 2.45) is 5.41 Å². The number of carboxylic acids is 1. The second-order valence-corrected chi connectivity index (χ2v) is 8.67. The normalized spacial score (nSPS) is 19.7. The highest BCUT2D eigenvalue weighted by Gasteiger charge is 2.50. The molecule has 26 heavy (non-hydrogen) atoms. The monoisotopic (exact) mass is 382 g/mol. The molecule has 1 amide bonds. The number of carboxylic acid groups (broad SMARTS) is 1. The minimum atomic E-state index is -3.71. The van der Waals surface area contributed by atoms with E-state index in [-0.39, 0.29) is 30.1 Å². The van der Waals surface area contributed by atoms with Crippen LogP contribution in [0.25, 0.3) is 0 Å². The smallest absolute Gasteiger partial charge is 0.311 e. The number of aliphatic carboxylic acids is 1. The van der Waals surface area contributed by atoms with Crippen LogP contribution in [0, 0.1) is 12.3 Å². The number of amides is 1. The van der Waals surface area contributed by atoms with Crippen molar-refractivity contribution in [2.75, 3.05) is 32.8 Å². The Hall–Kier alpha value is -1.97. The van der Waals surface area contributed by atoms with Crippen LogP contribution in [0.5, 0.6) is 0 Å². The van der Waals surface area contributed by atoms with Gasteiger partial charge in [-0.15, -0.1) is 0 Å². The first-order valence-corrected chi connectivity index (χ1v) is 9.90. The molecule has 1 aliphatic carbocycles. The lowest BCUT2D eigenvalue weighted by molar-refractivity contribution is -0.143. The zero-order valence-corrected chi connectivity index (χ0v) is 15.3. The molecule has 1 saturated heterocycles. The average molecular weight is 382 g/mol. The van der Waals surface area contributed by atoms with E-state index in [0.717, 1.165) is 0 Å². The summed E-state index contributed by atoms with van der Waals surface area (Å²) in [6, 6.07) is 4.49. The number of aryl methyl sites for hydroxylation is 1. The fraction of sp³-hybridized carbons (Fsp3) is 0.529. The predicted octanol–water partition coefficient (Wildman–Crippen LogP) is 0.611. The third-order valence-electron chi connectivity index (χ3n) is 4.93. The van der Waals surface area contributed by atoms with E-state index >= 15 is 0 Å². The molecule has 2 N–H and O–H groups in total. The Labute approximate surface area is 152 Å². The molecule has 0 spiro atoms.